The number of rotatable bonds is 4. The Morgan fingerprint density at radius 2 is 1.75 bits per heavy atom. The molecule has 7 heteroatoms. The minimum Gasteiger partial charge on any atom is -0.480 e. The van der Waals surface area contributed by atoms with Crippen LogP contribution in [0.1, 0.15) is 25.8 Å². The van der Waals surface area contributed by atoms with Gasteiger partial charge in [-0.25, -0.2) is 0 Å². The molecule has 4 N–H and O–H groups in total. The Balaban J connectivity index is 0.000000370. The molecule has 0 radical (unpaired) electrons. The van der Waals surface area contributed by atoms with E-state index in [0.717, 1.165) is 12.0 Å². The lowest BCUT2D eigenvalue weighted by molar-refractivity contribution is -0.139. The summed E-state index contributed by atoms with van der Waals surface area (Å²) in [5, 5.41) is 8.36. The highest BCUT2D eigenvalue weighted by molar-refractivity contribution is 7.85. The van der Waals surface area contributed by atoms with E-state index in [0.29, 0.717) is 0 Å². The van der Waals surface area contributed by atoms with Crippen molar-refractivity contribution in [1.29, 1.82) is 0 Å². The van der Waals surface area contributed by atoms with E-state index in [4.69, 9.17) is 15.4 Å². The van der Waals surface area contributed by atoms with Gasteiger partial charge in [0.1, 0.15) is 6.04 Å². The first-order valence-electron chi connectivity index (χ1n) is 6.12. The summed E-state index contributed by atoms with van der Waals surface area (Å²) in [5.74, 6) is -0.841. The maximum Gasteiger partial charge on any atom is 0.320 e. The Morgan fingerprint density at radius 1 is 1.30 bits per heavy atom. The van der Waals surface area contributed by atoms with Crippen molar-refractivity contribution >= 4 is 16.1 Å². The van der Waals surface area contributed by atoms with Gasteiger partial charge in [0.05, 0.1) is 4.90 Å². The molecule has 0 aliphatic carbocycles. The zero-order chi connectivity index (χ0) is 15.9. The molecule has 1 rings (SSSR count). The number of aliphatic carboxylic acids is 1. The smallest absolute Gasteiger partial charge is 0.320 e. The van der Waals surface area contributed by atoms with Crippen molar-refractivity contribution in [2.24, 2.45) is 11.7 Å². The summed E-state index contributed by atoms with van der Waals surface area (Å²) in [6.45, 7) is 5.60. The zero-order valence-corrected chi connectivity index (χ0v) is 12.6. The Hall–Kier alpha value is -1.44. The lowest BCUT2D eigenvalue weighted by Gasteiger charge is -2.11. The van der Waals surface area contributed by atoms with Gasteiger partial charge in [0.2, 0.25) is 0 Å². The Labute approximate surface area is 119 Å². The van der Waals surface area contributed by atoms with Crippen LogP contribution in [0.25, 0.3) is 0 Å². The van der Waals surface area contributed by atoms with E-state index in [1.54, 1.807) is 12.1 Å². The predicted molar refractivity (Wildman–Crippen MR) is 76.1 cm³/mol. The summed E-state index contributed by atoms with van der Waals surface area (Å²) in [6, 6.07) is 5.29. The SMILES string of the molecule is CCC(C)C(N)C(=O)O.Cc1ccc(S(=O)(=O)O)cc1. The van der Waals surface area contributed by atoms with Gasteiger partial charge in [0, 0.05) is 0 Å². The number of hydrogen-bond acceptors (Lipinski definition) is 4. The highest BCUT2D eigenvalue weighted by Gasteiger charge is 2.17. The molecular weight excluding hydrogens is 282 g/mol. The van der Waals surface area contributed by atoms with E-state index in [2.05, 4.69) is 0 Å². The van der Waals surface area contributed by atoms with Crippen molar-refractivity contribution in [2.75, 3.05) is 0 Å². The Bertz CT molecular complexity index is 524. The standard InChI is InChI=1S/C7H8O3S.C6H13NO2/c1-6-2-4-7(5-3-6)11(8,9)10;1-3-4(2)5(7)6(8)9/h2-5H,1H3,(H,8,9,10);4-5H,3,7H2,1-2H3,(H,8,9). The van der Waals surface area contributed by atoms with Gasteiger partial charge in [-0.1, -0.05) is 38.0 Å². The van der Waals surface area contributed by atoms with Gasteiger partial charge in [-0.15, -0.1) is 0 Å². The Morgan fingerprint density at radius 3 is 2.00 bits per heavy atom. The minimum atomic E-state index is -4.02. The fraction of sp³-hybridized carbons (Fsp3) is 0.462. The monoisotopic (exact) mass is 303 g/mol. The van der Waals surface area contributed by atoms with Gasteiger partial charge in [-0.3, -0.25) is 9.35 Å². The van der Waals surface area contributed by atoms with Crippen LogP contribution in [0.4, 0.5) is 0 Å². The lowest BCUT2D eigenvalue weighted by atomic mass is 10.0. The molecular formula is C13H21NO5S. The van der Waals surface area contributed by atoms with Gasteiger partial charge in [0.25, 0.3) is 10.1 Å². The van der Waals surface area contributed by atoms with Gasteiger partial charge < -0.3 is 10.8 Å². The maximum atomic E-state index is 10.5. The van der Waals surface area contributed by atoms with Crippen molar-refractivity contribution in [3.05, 3.63) is 29.8 Å². The average molecular weight is 303 g/mol. The molecule has 114 valence electrons. The molecule has 0 aliphatic rings. The van der Waals surface area contributed by atoms with Crippen LogP contribution in [-0.4, -0.2) is 30.1 Å². The van der Waals surface area contributed by atoms with E-state index in [-0.39, 0.29) is 10.8 Å². The summed E-state index contributed by atoms with van der Waals surface area (Å²) in [7, 11) is -4.02. The number of benzene rings is 1. The summed E-state index contributed by atoms with van der Waals surface area (Å²) in [5.41, 5.74) is 6.23. The van der Waals surface area contributed by atoms with Crippen molar-refractivity contribution in [3.8, 4) is 0 Å². The predicted octanol–water partition coefficient (Wildman–Crippen LogP) is 1.69. The molecule has 2 atom stereocenters. The van der Waals surface area contributed by atoms with E-state index < -0.39 is 22.1 Å². The van der Waals surface area contributed by atoms with Crippen LogP contribution in [0, 0.1) is 12.8 Å². The van der Waals surface area contributed by atoms with Crippen LogP contribution < -0.4 is 5.73 Å². The first-order valence-corrected chi connectivity index (χ1v) is 7.56. The molecule has 20 heavy (non-hydrogen) atoms. The third-order valence-electron chi connectivity index (χ3n) is 2.86. The summed E-state index contributed by atoms with van der Waals surface area (Å²) in [6.07, 6.45) is 0.813. The first-order chi connectivity index (χ1) is 9.09. The average Bonchev–Trinajstić information content (AvgIpc) is 2.37. The van der Waals surface area contributed by atoms with Crippen molar-refractivity contribution < 1.29 is 22.9 Å². The number of aryl methyl sites for hydroxylation is 1. The fourth-order valence-corrected chi connectivity index (χ4v) is 1.69. The Kier molecular flexibility index (Phi) is 7.41. The maximum absolute atomic E-state index is 10.5. The van der Waals surface area contributed by atoms with Gasteiger partial charge in [0.15, 0.2) is 0 Å². The molecule has 1 aromatic carbocycles. The van der Waals surface area contributed by atoms with E-state index in [1.165, 1.54) is 12.1 Å². The third-order valence-corrected chi connectivity index (χ3v) is 3.73. The quantitative estimate of drug-likeness (QED) is 0.728. The summed E-state index contributed by atoms with van der Waals surface area (Å²) in [4.78, 5) is 10.1. The molecule has 0 fully saturated rings. The first kappa shape index (κ1) is 18.6. The van der Waals surface area contributed by atoms with Crippen LogP contribution in [0.2, 0.25) is 0 Å². The summed E-state index contributed by atoms with van der Waals surface area (Å²) >= 11 is 0. The van der Waals surface area contributed by atoms with Crippen LogP contribution in [0.15, 0.2) is 29.2 Å². The fourth-order valence-electron chi connectivity index (χ4n) is 1.21. The van der Waals surface area contributed by atoms with Gasteiger partial charge >= 0.3 is 5.97 Å². The second-order valence-corrected chi connectivity index (χ2v) is 5.96. The molecule has 0 saturated carbocycles. The van der Waals surface area contributed by atoms with Crippen molar-refractivity contribution in [1.82, 2.24) is 0 Å². The van der Waals surface area contributed by atoms with E-state index in [9.17, 15) is 13.2 Å². The largest absolute Gasteiger partial charge is 0.480 e. The highest BCUT2D eigenvalue weighted by atomic mass is 32.2. The van der Waals surface area contributed by atoms with E-state index >= 15 is 0 Å². The number of carboxylic acid groups (broad SMARTS) is 1. The van der Waals surface area contributed by atoms with Gasteiger partial charge in [-0.2, -0.15) is 8.42 Å². The number of carboxylic acids is 1. The molecule has 0 heterocycles. The van der Waals surface area contributed by atoms with Crippen molar-refractivity contribution in [2.45, 2.75) is 38.1 Å². The number of carbonyl (C=O) groups is 1. The number of hydrogen-bond donors (Lipinski definition) is 3. The summed E-state index contributed by atoms with van der Waals surface area (Å²) < 4.78 is 29.6. The molecule has 0 amide bonds. The molecule has 2 unspecified atom stereocenters. The normalized spacial score (nSPS) is 13.8. The second-order valence-electron chi connectivity index (χ2n) is 4.54. The van der Waals surface area contributed by atoms with Crippen LogP contribution in [-0.2, 0) is 14.9 Å². The molecule has 1 aromatic rings. The molecule has 0 spiro atoms. The van der Waals surface area contributed by atoms with Crippen LogP contribution in [0.5, 0.6) is 0 Å². The van der Waals surface area contributed by atoms with Gasteiger partial charge in [-0.05, 0) is 25.0 Å². The van der Waals surface area contributed by atoms with E-state index in [1.807, 2.05) is 20.8 Å². The molecule has 0 aliphatic heterocycles. The second kappa shape index (κ2) is 7.98. The highest BCUT2D eigenvalue weighted by Crippen LogP contribution is 2.08. The zero-order valence-electron chi connectivity index (χ0n) is 11.8. The number of nitrogens with two attached hydrogens (primary N) is 1. The van der Waals surface area contributed by atoms with Crippen LogP contribution >= 0.6 is 0 Å². The van der Waals surface area contributed by atoms with Crippen molar-refractivity contribution in [3.63, 3.8) is 0 Å². The lowest BCUT2D eigenvalue weighted by Crippen LogP contribution is -2.36. The molecule has 0 aromatic heterocycles. The third kappa shape index (κ3) is 6.65. The molecule has 6 nitrogen and oxygen atoms in total. The topological polar surface area (TPSA) is 118 Å². The minimum absolute atomic E-state index is 0.0666. The molecule has 0 bridgehead atoms. The van der Waals surface area contributed by atoms with Crippen LogP contribution in [0.3, 0.4) is 0 Å². The molecule has 0 saturated heterocycles.